The maximum Gasteiger partial charge on any atom is 0.251 e. The van der Waals surface area contributed by atoms with Crippen molar-refractivity contribution in [3.05, 3.63) is 35.6 Å². The lowest BCUT2D eigenvalue weighted by molar-refractivity contribution is -0.117. The van der Waals surface area contributed by atoms with Crippen molar-refractivity contribution in [1.29, 1.82) is 0 Å². The van der Waals surface area contributed by atoms with Crippen molar-refractivity contribution < 1.29 is 9.53 Å². The minimum atomic E-state index is -0.0213. The number of nitrogens with one attached hydrogen (secondary N) is 1. The van der Waals surface area contributed by atoms with E-state index in [0.29, 0.717) is 0 Å². The molecule has 1 heterocycles. The van der Waals surface area contributed by atoms with E-state index in [2.05, 4.69) is 5.32 Å². The van der Waals surface area contributed by atoms with E-state index in [9.17, 15) is 4.79 Å². The van der Waals surface area contributed by atoms with Crippen LogP contribution in [0.1, 0.15) is 6.92 Å². The first-order chi connectivity index (χ1) is 6.74. The maximum atomic E-state index is 11.5. The summed E-state index contributed by atoms with van der Waals surface area (Å²) in [4.78, 5) is 11.5. The zero-order chi connectivity index (χ0) is 10.1. The Bertz CT molecular complexity index is 352. The van der Waals surface area contributed by atoms with Crippen molar-refractivity contribution in [1.82, 2.24) is 5.32 Å². The number of ether oxygens (including phenoxy) is 1. The zero-order valence-corrected chi connectivity index (χ0v) is 8.28. The molecular formula is C11H13NO2. The van der Waals surface area contributed by atoms with Gasteiger partial charge in [-0.25, -0.2) is 0 Å². The van der Waals surface area contributed by atoms with Gasteiger partial charge in [0, 0.05) is 24.8 Å². The fourth-order valence-electron chi connectivity index (χ4n) is 1.95. The number of rotatable bonds is 1. The summed E-state index contributed by atoms with van der Waals surface area (Å²) < 4.78 is 5.33. The first kappa shape index (κ1) is 9.21. The van der Waals surface area contributed by atoms with Gasteiger partial charge in [-0.1, -0.05) is 18.2 Å². The molecule has 1 aliphatic carbocycles. The van der Waals surface area contributed by atoms with Crippen LogP contribution in [0.2, 0.25) is 0 Å². The van der Waals surface area contributed by atoms with Crippen LogP contribution in [-0.4, -0.2) is 19.1 Å². The van der Waals surface area contributed by atoms with Gasteiger partial charge in [-0.15, -0.1) is 0 Å². The number of fused-ring (bicyclic) bond motifs is 1. The molecule has 2 rings (SSSR count). The van der Waals surface area contributed by atoms with Crippen LogP contribution < -0.4 is 5.32 Å². The molecule has 0 fully saturated rings. The molecular weight excluding hydrogens is 178 g/mol. The van der Waals surface area contributed by atoms with Crippen molar-refractivity contribution in [3.8, 4) is 0 Å². The third-order valence-corrected chi connectivity index (χ3v) is 2.70. The molecule has 0 bridgehead atoms. The summed E-state index contributed by atoms with van der Waals surface area (Å²) in [6.45, 7) is 2.00. The van der Waals surface area contributed by atoms with Crippen LogP contribution in [0.5, 0.6) is 0 Å². The van der Waals surface area contributed by atoms with Gasteiger partial charge in [0.2, 0.25) is 0 Å². The second-order valence-electron chi connectivity index (χ2n) is 3.55. The highest BCUT2D eigenvalue weighted by molar-refractivity contribution is 5.97. The second-order valence-corrected chi connectivity index (χ2v) is 3.55. The lowest BCUT2D eigenvalue weighted by atomic mass is 9.82. The summed E-state index contributed by atoms with van der Waals surface area (Å²) in [5.41, 5.74) is 1.92. The quantitative estimate of drug-likeness (QED) is 0.675. The van der Waals surface area contributed by atoms with E-state index in [1.807, 2.05) is 25.2 Å². The van der Waals surface area contributed by atoms with Gasteiger partial charge in [0.25, 0.3) is 5.91 Å². The van der Waals surface area contributed by atoms with E-state index < -0.39 is 0 Å². The Balaban J connectivity index is 2.41. The van der Waals surface area contributed by atoms with E-state index in [1.54, 1.807) is 13.3 Å². The van der Waals surface area contributed by atoms with Gasteiger partial charge in [-0.05, 0) is 12.5 Å². The topological polar surface area (TPSA) is 38.3 Å². The minimum absolute atomic E-state index is 0.0164. The summed E-state index contributed by atoms with van der Waals surface area (Å²) in [7, 11) is 1.66. The van der Waals surface area contributed by atoms with Crippen molar-refractivity contribution in [2.45, 2.75) is 13.0 Å². The van der Waals surface area contributed by atoms with Gasteiger partial charge in [0.05, 0.1) is 6.10 Å². The Morgan fingerprint density at radius 2 is 2.29 bits per heavy atom. The molecule has 0 saturated carbocycles. The smallest absolute Gasteiger partial charge is 0.251 e. The monoisotopic (exact) mass is 191 g/mol. The largest absolute Gasteiger partial charge is 0.376 e. The van der Waals surface area contributed by atoms with Gasteiger partial charge >= 0.3 is 0 Å². The minimum Gasteiger partial charge on any atom is -0.376 e. The van der Waals surface area contributed by atoms with Gasteiger partial charge in [-0.3, -0.25) is 4.79 Å². The van der Waals surface area contributed by atoms with Gasteiger partial charge < -0.3 is 10.1 Å². The number of amides is 1. The van der Waals surface area contributed by atoms with Crippen LogP contribution in [0.4, 0.5) is 0 Å². The number of allylic oxidation sites excluding steroid dienone is 2. The number of hydrogen-bond acceptors (Lipinski definition) is 2. The predicted octanol–water partition coefficient (Wildman–Crippen LogP) is 1.15. The third kappa shape index (κ3) is 1.30. The fourth-order valence-corrected chi connectivity index (χ4v) is 1.95. The lowest BCUT2D eigenvalue weighted by Crippen LogP contribution is -2.37. The van der Waals surface area contributed by atoms with Crippen LogP contribution in [-0.2, 0) is 9.53 Å². The maximum absolute atomic E-state index is 11.5. The highest BCUT2D eigenvalue weighted by atomic mass is 16.5. The SMILES string of the molecule is COC1C=CC=C2C(=O)NC=C(C)C21. The van der Waals surface area contributed by atoms with Crippen molar-refractivity contribution in [2.24, 2.45) is 5.92 Å². The van der Waals surface area contributed by atoms with Crippen molar-refractivity contribution in [3.63, 3.8) is 0 Å². The fraction of sp³-hybridized carbons (Fsp3) is 0.364. The number of carbonyl (C=O) groups is 1. The summed E-state index contributed by atoms with van der Waals surface area (Å²) in [6, 6.07) is 0. The molecule has 1 amide bonds. The molecule has 1 aliphatic heterocycles. The average molecular weight is 191 g/mol. The van der Waals surface area contributed by atoms with E-state index in [1.165, 1.54) is 0 Å². The van der Waals surface area contributed by atoms with Gasteiger partial charge in [-0.2, -0.15) is 0 Å². The number of methoxy groups -OCH3 is 1. The summed E-state index contributed by atoms with van der Waals surface area (Å²) in [6.07, 6.45) is 7.45. The van der Waals surface area contributed by atoms with Gasteiger partial charge in [0.15, 0.2) is 0 Å². The third-order valence-electron chi connectivity index (χ3n) is 2.70. The molecule has 2 unspecified atom stereocenters. The molecule has 0 aromatic carbocycles. The second kappa shape index (κ2) is 3.42. The molecule has 74 valence electrons. The molecule has 0 radical (unpaired) electrons. The van der Waals surface area contributed by atoms with E-state index in [4.69, 9.17) is 4.74 Å². The molecule has 2 atom stereocenters. The van der Waals surface area contributed by atoms with Crippen molar-refractivity contribution >= 4 is 5.91 Å². The Morgan fingerprint density at radius 3 is 3.00 bits per heavy atom. The van der Waals surface area contributed by atoms with Crippen LogP contribution in [0.3, 0.4) is 0 Å². The van der Waals surface area contributed by atoms with E-state index in [0.717, 1.165) is 11.1 Å². The Kier molecular flexibility index (Phi) is 2.25. The molecule has 14 heavy (non-hydrogen) atoms. The normalized spacial score (nSPS) is 30.3. The van der Waals surface area contributed by atoms with Crippen LogP contribution in [0.25, 0.3) is 0 Å². The summed E-state index contributed by atoms with van der Waals surface area (Å²) in [5.74, 6) is 0.0609. The number of hydrogen-bond donors (Lipinski definition) is 1. The standard InChI is InChI=1S/C11H13NO2/c1-7-6-12-11(13)8-4-3-5-9(14-2)10(7)8/h3-6,9-10H,1-2H3,(H,12,13). The highest BCUT2D eigenvalue weighted by Gasteiger charge is 2.32. The molecule has 3 heteroatoms. The lowest BCUT2D eigenvalue weighted by Gasteiger charge is -2.31. The summed E-state index contributed by atoms with van der Waals surface area (Å²) >= 11 is 0. The predicted molar refractivity (Wildman–Crippen MR) is 53.4 cm³/mol. The van der Waals surface area contributed by atoms with E-state index in [-0.39, 0.29) is 17.9 Å². The molecule has 0 aromatic rings. The summed E-state index contributed by atoms with van der Waals surface area (Å²) in [5, 5.41) is 2.72. The zero-order valence-electron chi connectivity index (χ0n) is 8.28. The Labute approximate surface area is 83.1 Å². The highest BCUT2D eigenvalue weighted by Crippen LogP contribution is 2.31. The van der Waals surface area contributed by atoms with E-state index >= 15 is 0 Å². The Hall–Kier alpha value is -1.35. The molecule has 2 aliphatic rings. The van der Waals surface area contributed by atoms with Crippen LogP contribution in [0, 0.1) is 5.92 Å². The molecule has 1 N–H and O–H groups in total. The Morgan fingerprint density at radius 1 is 1.50 bits per heavy atom. The molecule has 0 saturated heterocycles. The van der Waals surface area contributed by atoms with Crippen LogP contribution >= 0.6 is 0 Å². The molecule has 3 nitrogen and oxygen atoms in total. The molecule has 0 spiro atoms. The average Bonchev–Trinajstić information content (AvgIpc) is 2.23. The molecule has 0 aromatic heterocycles. The van der Waals surface area contributed by atoms with Crippen molar-refractivity contribution in [2.75, 3.05) is 7.11 Å². The number of carbonyl (C=O) groups excluding carboxylic acids is 1. The van der Waals surface area contributed by atoms with Gasteiger partial charge in [0.1, 0.15) is 0 Å². The first-order valence-electron chi connectivity index (χ1n) is 4.62. The first-order valence-corrected chi connectivity index (χ1v) is 4.62. The van der Waals surface area contributed by atoms with Crippen LogP contribution in [0.15, 0.2) is 35.6 Å².